The van der Waals surface area contributed by atoms with Crippen molar-refractivity contribution in [2.24, 2.45) is 4.99 Å². The van der Waals surface area contributed by atoms with Gasteiger partial charge < -0.3 is 10.6 Å². The number of halogens is 1. The van der Waals surface area contributed by atoms with Gasteiger partial charge in [-0.05, 0) is 36.1 Å². The third-order valence-corrected chi connectivity index (χ3v) is 3.37. The number of nitrogens with zero attached hydrogens (tertiary/aromatic N) is 1. The van der Waals surface area contributed by atoms with E-state index in [1.54, 1.807) is 19.2 Å². The summed E-state index contributed by atoms with van der Waals surface area (Å²) >= 11 is 0. The van der Waals surface area contributed by atoms with E-state index in [1.807, 2.05) is 6.07 Å². The molecule has 0 aliphatic rings. The van der Waals surface area contributed by atoms with Crippen LogP contribution in [0, 0.1) is 5.82 Å². The first-order valence-electron chi connectivity index (χ1n) is 7.51. The van der Waals surface area contributed by atoms with Crippen molar-refractivity contribution in [3.05, 3.63) is 71.5 Å². The lowest BCUT2D eigenvalue weighted by Crippen LogP contribution is -2.37. The fourth-order valence-corrected chi connectivity index (χ4v) is 2.15. The molecule has 0 aliphatic carbocycles. The molecule has 22 heavy (non-hydrogen) atoms. The van der Waals surface area contributed by atoms with Gasteiger partial charge in [0.15, 0.2) is 5.96 Å². The first kappa shape index (κ1) is 16.0. The summed E-state index contributed by atoms with van der Waals surface area (Å²) in [5.41, 5.74) is 2.37. The maximum absolute atomic E-state index is 12.8. The lowest BCUT2D eigenvalue weighted by molar-refractivity contribution is 0.626. The highest BCUT2D eigenvalue weighted by atomic mass is 19.1. The van der Waals surface area contributed by atoms with Gasteiger partial charge in [-0.15, -0.1) is 0 Å². The predicted octanol–water partition coefficient (Wildman–Crippen LogP) is 3.12. The molecule has 0 atom stereocenters. The van der Waals surface area contributed by atoms with Crippen LogP contribution in [0.4, 0.5) is 4.39 Å². The number of hydrogen-bond acceptors (Lipinski definition) is 1. The molecule has 116 valence electrons. The molecule has 2 aromatic carbocycles. The van der Waals surface area contributed by atoms with Crippen LogP contribution in [-0.2, 0) is 13.0 Å². The maximum Gasteiger partial charge on any atom is 0.191 e. The number of rotatable bonds is 6. The summed E-state index contributed by atoms with van der Waals surface area (Å²) in [4.78, 5) is 4.19. The maximum atomic E-state index is 12.8. The highest BCUT2D eigenvalue weighted by molar-refractivity contribution is 5.79. The van der Waals surface area contributed by atoms with E-state index < -0.39 is 0 Å². The molecule has 2 rings (SSSR count). The van der Waals surface area contributed by atoms with Gasteiger partial charge in [0.05, 0.1) is 0 Å². The average molecular weight is 299 g/mol. The molecule has 0 aromatic heterocycles. The molecule has 0 aliphatic heterocycles. The van der Waals surface area contributed by atoms with E-state index in [2.05, 4.69) is 39.9 Å². The lowest BCUT2D eigenvalue weighted by Gasteiger charge is -2.12. The van der Waals surface area contributed by atoms with Crippen LogP contribution in [0.5, 0.6) is 0 Å². The van der Waals surface area contributed by atoms with Crippen LogP contribution in [-0.4, -0.2) is 19.6 Å². The number of aliphatic imine (C=N–C) groups is 1. The van der Waals surface area contributed by atoms with Crippen LogP contribution in [0.15, 0.2) is 59.6 Å². The Labute approximate surface area is 131 Å². The Morgan fingerprint density at radius 2 is 1.68 bits per heavy atom. The smallest absolute Gasteiger partial charge is 0.191 e. The van der Waals surface area contributed by atoms with E-state index in [4.69, 9.17) is 0 Å². The lowest BCUT2D eigenvalue weighted by atomic mass is 10.1. The first-order valence-corrected chi connectivity index (χ1v) is 7.51. The van der Waals surface area contributed by atoms with Crippen molar-refractivity contribution in [1.29, 1.82) is 0 Å². The summed E-state index contributed by atoms with van der Waals surface area (Å²) in [6.07, 6.45) is 2.09. The monoisotopic (exact) mass is 299 g/mol. The zero-order valence-electron chi connectivity index (χ0n) is 12.8. The van der Waals surface area contributed by atoms with Gasteiger partial charge in [-0.2, -0.15) is 0 Å². The van der Waals surface area contributed by atoms with Crippen LogP contribution in [0.25, 0.3) is 0 Å². The molecule has 2 aromatic rings. The molecular formula is C18H22FN3. The van der Waals surface area contributed by atoms with Crippen molar-refractivity contribution in [3.8, 4) is 0 Å². The number of hydrogen-bond donors (Lipinski definition) is 2. The molecule has 0 heterocycles. The Balaban J connectivity index is 1.68. The Bertz CT molecular complexity index is 579. The van der Waals surface area contributed by atoms with E-state index in [0.29, 0.717) is 6.54 Å². The Hall–Kier alpha value is -2.36. The van der Waals surface area contributed by atoms with Gasteiger partial charge in [-0.25, -0.2) is 4.39 Å². The molecule has 0 unspecified atom stereocenters. The van der Waals surface area contributed by atoms with E-state index in [1.165, 1.54) is 17.7 Å². The first-order chi connectivity index (χ1) is 10.8. The molecule has 0 amide bonds. The third kappa shape index (κ3) is 5.56. The quantitative estimate of drug-likeness (QED) is 0.488. The highest BCUT2D eigenvalue weighted by Gasteiger charge is 1.99. The molecule has 4 heteroatoms. The minimum atomic E-state index is -0.216. The number of aryl methyl sites for hydroxylation is 1. The summed E-state index contributed by atoms with van der Waals surface area (Å²) in [6, 6.07) is 16.9. The standard InChI is InChI=1S/C18H22FN3/c1-20-18(22-14-16-9-11-17(19)12-10-16)21-13-5-8-15-6-3-2-4-7-15/h2-4,6-7,9-12H,5,8,13-14H2,1H3,(H2,20,21,22). The number of nitrogens with one attached hydrogen (secondary N) is 2. The molecule has 0 saturated carbocycles. The van der Waals surface area contributed by atoms with Gasteiger partial charge in [-0.1, -0.05) is 42.5 Å². The van der Waals surface area contributed by atoms with Crippen LogP contribution < -0.4 is 10.6 Å². The van der Waals surface area contributed by atoms with Gasteiger partial charge in [-0.3, -0.25) is 4.99 Å². The molecule has 0 spiro atoms. The summed E-state index contributed by atoms with van der Waals surface area (Å²) in [5.74, 6) is 0.546. The summed E-state index contributed by atoms with van der Waals surface area (Å²) in [5, 5.41) is 6.51. The molecule has 0 bridgehead atoms. The molecule has 0 saturated heterocycles. The zero-order valence-corrected chi connectivity index (χ0v) is 12.8. The Morgan fingerprint density at radius 3 is 2.36 bits per heavy atom. The number of guanidine groups is 1. The van der Waals surface area contributed by atoms with E-state index >= 15 is 0 Å². The van der Waals surface area contributed by atoms with Crippen molar-refractivity contribution in [3.63, 3.8) is 0 Å². The van der Waals surface area contributed by atoms with Gasteiger partial charge in [0, 0.05) is 20.1 Å². The van der Waals surface area contributed by atoms with Crippen molar-refractivity contribution in [2.45, 2.75) is 19.4 Å². The molecular weight excluding hydrogens is 277 g/mol. The SMILES string of the molecule is CN=C(NCCCc1ccccc1)NCc1ccc(F)cc1. The zero-order chi connectivity index (χ0) is 15.6. The van der Waals surface area contributed by atoms with Crippen LogP contribution >= 0.6 is 0 Å². The van der Waals surface area contributed by atoms with Crippen molar-refractivity contribution < 1.29 is 4.39 Å². The Kier molecular flexibility index (Phi) is 6.42. The van der Waals surface area contributed by atoms with Crippen molar-refractivity contribution in [1.82, 2.24) is 10.6 Å². The fraction of sp³-hybridized carbons (Fsp3) is 0.278. The molecule has 2 N–H and O–H groups in total. The summed E-state index contributed by atoms with van der Waals surface area (Å²) < 4.78 is 12.8. The molecule has 0 fully saturated rings. The second-order valence-electron chi connectivity index (χ2n) is 5.07. The van der Waals surface area contributed by atoms with Gasteiger partial charge in [0.1, 0.15) is 5.82 Å². The van der Waals surface area contributed by atoms with Crippen LogP contribution in [0.1, 0.15) is 17.5 Å². The largest absolute Gasteiger partial charge is 0.356 e. The minimum absolute atomic E-state index is 0.216. The highest BCUT2D eigenvalue weighted by Crippen LogP contribution is 2.02. The van der Waals surface area contributed by atoms with Crippen LogP contribution in [0.2, 0.25) is 0 Å². The summed E-state index contributed by atoms with van der Waals surface area (Å²) in [7, 11) is 1.75. The van der Waals surface area contributed by atoms with Crippen LogP contribution in [0.3, 0.4) is 0 Å². The number of benzene rings is 2. The normalized spacial score (nSPS) is 11.3. The van der Waals surface area contributed by atoms with E-state index in [-0.39, 0.29) is 5.82 Å². The second-order valence-corrected chi connectivity index (χ2v) is 5.07. The Morgan fingerprint density at radius 1 is 0.955 bits per heavy atom. The van der Waals surface area contributed by atoms with Gasteiger partial charge in [0.2, 0.25) is 0 Å². The second kappa shape index (κ2) is 8.82. The van der Waals surface area contributed by atoms with E-state index in [0.717, 1.165) is 30.9 Å². The molecule has 3 nitrogen and oxygen atoms in total. The summed E-state index contributed by atoms with van der Waals surface area (Å²) in [6.45, 7) is 1.48. The fourth-order valence-electron chi connectivity index (χ4n) is 2.15. The minimum Gasteiger partial charge on any atom is -0.356 e. The van der Waals surface area contributed by atoms with Crippen molar-refractivity contribution >= 4 is 5.96 Å². The topological polar surface area (TPSA) is 36.4 Å². The van der Waals surface area contributed by atoms with Gasteiger partial charge >= 0.3 is 0 Å². The molecule has 0 radical (unpaired) electrons. The third-order valence-electron chi connectivity index (χ3n) is 3.37. The van der Waals surface area contributed by atoms with Crippen molar-refractivity contribution in [2.75, 3.05) is 13.6 Å². The predicted molar refractivity (Wildman–Crippen MR) is 89.4 cm³/mol. The van der Waals surface area contributed by atoms with Gasteiger partial charge in [0.25, 0.3) is 0 Å². The van der Waals surface area contributed by atoms with E-state index in [9.17, 15) is 4.39 Å². The average Bonchev–Trinajstić information content (AvgIpc) is 2.57.